The summed E-state index contributed by atoms with van der Waals surface area (Å²) in [5.41, 5.74) is 2.82. The number of fused-ring (bicyclic) bond motifs is 2. The van der Waals surface area contributed by atoms with Crippen molar-refractivity contribution in [3.8, 4) is 23.8 Å². The fourth-order valence-corrected chi connectivity index (χ4v) is 4.74. The summed E-state index contributed by atoms with van der Waals surface area (Å²) in [5.74, 6) is 3.95. The maximum Gasteiger partial charge on any atom is 0.334 e. The van der Waals surface area contributed by atoms with Crippen LogP contribution in [0.3, 0.4) is 0 Å². The second-order valence-electron chi connectivity index (χ2n) is 8.94. The van der Waals surface area contributed by atoms with E-state index < -0.39 is 6.17 Å². The maximum absolute atomic E-state index is 13.4. The highest BCUT2D eigenvalue weighted by atomic mass is 16.6. The number of amides is 3. The van der Waals surface area contributed by atoms with Gasteiger partial charge in [0.15, 0.2) is 11.5 Å². The third kappa shape index (κ3) is 4.81. The van der Waals surface area contributed by atoms with E-state index in [0.29, 0.717) is 39.4 Å². The minimum Gasteiger partial charge on any atom is -0.486 e. The number of terminal acetylenes is 1. The summed E-state index contributed by atoms with van der Waals surface area (Å²) in [7, 11) is 0. The number of ether oxygens (including phenoxy) is 2. The molecule has 0 aromatic heterocycles. The topological polar surface area (TPSA) is 77.6 Å². The summed E-state index contributed by atoms with van der Waals surface area (Å²) in [5, 5.41) is 6.21. The van der Waals surface area contributed by atoms with E-state index in [2.05, 4.69) is 22.7 Å². The van der Waals surface area contributed by atoms with Crippen LogP contribution < -0.4 is 14.8 Å². The third-order valence-corrected chi connectivity index (χ3v) is 6.52. The van der Waals surface area contributed by atoms with Crippen LogP contribution in [-0.2, 0) is 17.9 Å². The van der Waals surface area contributed by atoms with Crippen LogP contribution in [0.2, 0.25) is 0 Å². The summed E-state index contributed by atoms with van der Waals surface area (Å²) < 4.78 is 11.4. The summed E-state index contributed by atoms with van der Waals surface area (Å²) in [6, 6.07) is 15.2. The van der Waals surface area contributed by atoms with Gasteiger partial charge in [-0.3, -0.25) is 4.79 Å². The van der Waals surface area contributed by atoms with Gasteiger partial charge in [0.1, 0.15) is 19.4 Å². The number of nitrogens with zero attached hydrogens (tertiary/aromatic N) is 4. The molecule has 0 bridgehead atoms. The van der Waals surface area contributed by atoms with Gasteiger partial charge in [-0.2, -0.15) is 5.01 Å². The molecule has 9 heteroatoms. The average molecular weight is 488 g/mol. The number of urea groups is 1. The van der Waals surface area contributed by atoms with Crippen LogP contribution in [0.25, 0.3) is 0 Å². The first-order valence-corrected chi connectivity index (χ1v) is 11.9. The lowest BCUT2D eigenvalue weighted by Gasteiger charge is -2.53. The Morgan fingerprint density at radius 3 is 2.64 bits per heavy atom. The first-order chi connectivity index (χ1) is 17.5. The highest BCUT2D eigenvalue weighted by Gasteiger charge is 2.45. The molecule has 3 aliphatic rings. The molecule has 0 radical (unpaired) electrons. The molecule has 0 aliphatic carbocycles. The Balaban J connectivity index is 1.35. The number of hydrogen-bond donors (Lipinski definition) is 1. The van der Waals surface area contributed by atoms with Crippen molar-refractivity contribution in [1.82, 2.24) is 25.1 Å². The minimum atomic E-state index is -0.516. The SMILES string of the molecule is C#CCN1CC(=O)N2CC(=C)N(Cc3ccc4c(c3)OCCO4)CC2N1C(=O)NCc1ccccc1. The van der Waals surface area contributed by atoms with E-state index >= 15 is 0 Å². The molecular weight excluding hydrogens is 458 g/mol. The Morgan fingerprint density at radius 2 is 1.86 bits per heavy atom. The summed E-state index contributed by atoms with van der Waals surface area (Å²) in [4.78, 5) is 30.2. The smallest absolute Gasteiger partial charge is 0.334 e. The van der Waals surface area contributed by atoms with Crippen LogP contribution in [0.15, 0.2) is 60.8 Å². The number of benzene rings is 2. The summed E-state index contributed by atoms with van der Waals surface area (Å²) in [6.07, 6.45) is 5.07. The van der Waals surface area contributed by atoms with Gasteiger partial charge in [-0.25, -0.2) is 9.80 Å². The Hall–Kier alpha value is -4.16. The van der Waals surface area contributed by atoms with Gasteiger partial charge >= 0.3 is 6.03 Å². The normalized spacial score (nSPS) is 19.5. The number of nitrogens with one attached hydrogen (secondary N) is 1. The maximum atomic E-state index is 13.4. The first-order valence-electron chi connectivity index (χ1n) is 11.9. The van der Waals surface area contributed by atoms with E-state index in [4.69, 9.17) is 15.9 Å². The predicted molar refractivity (Wildman–Crippen MR) is 133 cm³/mol. The van der Waals surface area contributed by atoms with Crippen LogP contribution in [0.5, 0.6) is 11.5 Å². The molecule has 1 unspecified atom stereocenters. The van der Waals surface area contributed by atoms with E-state index in [0.717, 1.165) is 28.3 Å². The second kappa shape index (κ2) is 10.2. The lowest BCUT2D eigenvalue weighted by Crippen LogP contribution is -2.72. The molecule has 2 fully saturated rings. The van der Waals surface area contributed by atoms with Crippen molar-refractivity contribution in [1.29, 1.82) is 0 Å². The predicted octanol–water partition coefficient (Wildman–Crippen LogP) is 2.02. The number of hydrogen-bond acceptors (Lipinski definition) is 6. The number of piperazine rings is 1. The number of carbonyl (C=O) groups excluding carboxylic acids is 2. The second-order valence-corrected chi connectivity index (χ2v) is 8.94. The number of hydrazine groups is 1. The molecule has 36 heavy (non-hydrogen) atoms. The highest BCUT2D eigenvalue weighted by Crippen LogP contribution is 2.32. The Kier molecular flexibility index (Phi) is 6.69. The molecule has 3 heterocycles. The third-order valence-electron chi connectivity index (χ3n) is 6.52. The van der Waals surface area contributed by atoms with Crippen molar-refractivity contribution in [2.24, 2.45) is 0 Å². The van der Waals surface area contributed by atoms with Crippen LogP contribution in [0.4, 0.5) is 4.79 Å². The average Bonchev–Trinajstić information content (AvgIpc) is 2.89. The van der Waals surface area contributed by atoms with Crippen molar-refractivity contribution in [3.05, 3.63) is 71.9 Å². The Labute approximate surface area is 210 Å². The molecule has 2 saturated heterocycles. The monoisotopic (exact) mass is 487 g/mol. The molecule has 2 aromatic rings. The first kappa shape index (κ1) is 23.6. The van der Waals surface area contributed by atoms with Crippen LogP contribution in [0.1, 0.15) is 11.1 Å². The molecule has 1 atom stereocenters. The van der Waals surface area contributed by atoms with E-state index in [1.165, 1.54) is 0 Å². The Bertz CT molecular complexity index is 1190. The van der Waals surface area contributed by atoms with Gasteiger partial charge < -0.3 is 24.6 Å². The van der Waals surface area contributed by atoms with E-state index in [1.54, 1.807) is 14.9 Å². The molecule has 0 saturated carbocycles. The molecule has 3 aliphatic heterocycles. The molecule has 0 spiro atoms. The molecular formula is C27H29N5O4. The van der Waals surface area contributed by atoms with Crippen LogP contribution >= 0.6 is 0 Å². The fourth-order valence-electron chi connectivity index (χ4n) is 4.74. The van der Waals surface area contributed by atoms with Crippen molar-refractivity contribution in [3.63, 3.8) is 0 Å². The zero-order chi connectivity index (χ0) is 25.1. The molecule has 9 nitrogen and oxygen atoms in total. The zero-order valence-electron chi connectivity index (χ0n) is 20.1. The molecule has 3 amide bonds. The van der Waals surface area contributed by atoms with Gasteiger partial charge in [0.05, 0.1) is 26.2 Å². The highest BCUT2D eigenvalue weighted by molar-refractivity contribution is 5.83. The summed E-state index contributed by atoms with van der Waals surface area (Å²) >= 11 is 0. The fraction of sp³-hybridized carbons (Fsp3) is 0.333. The van der Waals surface area contributed by atoms with E-state index in [-0.39, 0.29) is 25.0 Å². The quantitative estimate of drug-likeness (QED) is 0.651. The van der Waals surface area contributed by atoms with Gasteiger partial charge in [0.2, 0.25) is 5.91 Å². The Morgan fingerprint density at radius 1 is 1.08 bits per heavy atom. The lowest BCUT2D eigenvalue weighted by molar-refractivity contribution is -0.170. The van der Waals surface area contributed by atoms with Gasteiger partial charge in [-0.1, -0.05) is 48.9 Å². The minimum absolute atomic E-state index is 0.0366. The van der Waals surface area contributed by atoms with Crippen molar-refractivity contribution >= 4 is 11.9 Å². The van der Waals surface area contributed by atoms with Crippen LogP contribution in [-0.4, -0.2) is 77.3 Å². The summed E-state index contributed by atoms with van der Waals surface area (Å²) in [6.45, 7) is 7.12. The molecule has 1 N–H and O–H groups in total. The van der Waals surface area contributed by atoms with Gasteiger partial charge in [0.25, 0.3) is 0 Å². The van der Waals surface area contributed by atoms with Crippen molar-refractivity contribution in [2.45, 2.75) is 19.3 Å². The van der Waals surface area contributed by atoms with Crippen molar-refractivity contribution in [2.75, 3.05) is 39.4 Å². The molecule has 186 valence electrons. The molecule has 2 aromatic carbocycles. The standard InChI is InChI=1S/C27H29N5O4/c1-3-11-30-19-26(33)31-16-20(2)29(17-22-9-10-23-24(14-22)36-13-12-35-23)18-25(31)32(30)27(34)28-15-21-7-5-4-6-8-21/h1,4-10,14,25H,2,11-13,15-19H2,(H,28,34). The number of carbonyl (C=O) groups is 2. The van der Waals surface area contributed by atoms with Gasteiger partial charge in [-0.05, 0) is 23.3 Å². The van der Waals surface area contributed by atoms with Crippen LogP contribution in [0, 0.1) is 12.3 Å². The molecule has 5 rings (SSSR count). The zero-order valence-corrected chi connectivity index (χ0v) is 20.1. The largest absolute Gasteiger partial charge is 0.486 e. The van der Waals surface area contributed by atoms with Gasteiger partial charge in [-0.15, -0.1) is 6.42 Å². The number of rotatable bonds is 5. The van der Waals surface area contributed by atoms with Crippen molar-refractivity contribution < 1.29 is 19.1 Å². The lowest BCUT2D eigenvalue weighted by atomic mass is 10.1. The van der Waals surface area contributed by atoms with E-state index in [1.807, 2.05) is 48.5 Å². The van der Waals surface area contributed by atoms with Gasteiger partial charge in [0, 0.05) is 18.8 Å². The van der Waals surface area contributed by atoms with E-state index in [9.17, 15) is 9.59 Å².